The van der Waals surface area contributed by atoms with Gasteiger partial charge in [-0.1, -0.05) is 18.2 Å². The number of hydrogen-bond donors (Lipinski definition) is 2. The van der Waals surface area contributed by atoms with Gasteiger partial charge in [0.1, 0.15) is 5.82 Å². The molecule has 0 fully saturated rings. The minimum absolute atomic E-state index is 0.296. The Kier molecular flexibility index (Phi) is 3.77. The van der Waals surface area contributed by atoms with Crippen LogP contribution in [0, 0.1) is 12.7 Å². The van der Waals surface area contributed by atoms with Crippen LogP contribution in [0.25, 0.3) is 22.2 Å². The van der Waals surface area contributed by atoms with Crippen LogP contribution in [0.1, 0.15) is 15.4 Å². The van der Waals surface area contributed by atoms with Gasteiger partial charge >= 0.3 is 0 Å². The molecule has 0 bridgehead atoms. The quantitative estimate of drug-likeness (QED) is 0.574. The van der Waals surface area contributed by atoms with Crippen molar-refractivity contribution in [1.82, 2.24) is 15.2 Å². The van der Waals surface area contributed by atoms with E-state index in [1.54, 1.807) is 12.1 Å². The van der Waals surface area contributed by atoms with Crippen LogP contribution in [0.3, 0.4) is 0 Å². The van der Waals surface area contributed by atoms with E-state index in [2.05, 4.69) is 20.5 Å². The second kappa shape index (κ2) is 6.10. The number of aromatic amines is 1. The Morgan fingerprint density at radius 3 is 2.72 bits per heavy atom. The molecule has 124 valence electrons. The largest absolute Gasteiger partial charge is 0.296 e. The van der Waals surface area contributed by atoms with Gasteiger partial charge in [-0.15, -0.1) is 11.3 Å². The van der Waals surface area contributed by atoms with Crippen LogP contribution in [0.4, 0.5) is 9.52 Å². The van der Waals surface area contributed by atoms with E-state index in [1.807, 2.05) is 31.2 Å². The number of para-hydroxylation sites is 1. The van der Waals surface area contributed by atoms with Gasteiger partial charge in [-0.3, -0.25) is 15.2 Å². The molecule has 0 aliphatic carbocycles. The summed E-state index contributed by atoms with van der Waals surface area (Å²) in [5.74, 6) is -0.618. The summed E-state index contributed by atoms with van der Waals surface area (Å²) in [5.41, 5.74) is 2.66. The van der Waals surface area contributed by atoms with Crippen molar-refractivity contribution in [3.05, 3.63) is 64.9 Å². The fourth-order valence-corrected chi connectivity index (χ4v) is 3.45. The lowest BCUT2D eigenvalue weighted by atomic mass is 10.1. The lowest BCUT2D eigenvalue weighted by Gasteiger charge is -1.99. The van der Waals surface area contributed by atoms with Gasteiger partial charge < -0.3 is 0 Å². The maximum Gasteiger partial charge on any atom is 0.278 e. The standard InChI is InChI=1S/C18H13FN4OS/c1-10-15(11-6-8-12(19)9-7-11)20-18(25-10)21-17(24)16-13-4-2-3-5-14(13)22-23-16/h2-9H,1H3,(H,22,23)(H,20,21,24). The summed E-state index contributed by atoms with van der Waals surface area (Å²) in [6.07, 6.45) is 0. The number of amides is 1. The Labute approximate surface area is 146 Å². The SMILES string of the molecule is Cc1sc(NC(=O)c2n[nH]c3ccccc23)nc1-c1ccc(F)cc1. The van der Waals surface area contributed by atoms with Gasteiger partial charge in [0, 0.05) is 15.8 Å². The van der Waals surface area contributed by atoms with Gasteiger partial charge in [0.2, 0.25) is 0 Å². The first-order valence-electron chi connectivity index (χ1n) is 7.59. The van der Waals surface area contributed by atoms with Crippen LogP contribution in [-0.4, -0.2) is 21.1 Å². The molecule has 0 aliphatic rings. The number of carbonyl (C=O) groups excluding carboxylic acids is 1. The van der Waals surface area contributed by atoms with Crippen molar-refractivity contribution in [1.29, 1.82) is 0 Å². The number of halogens is 1. The molecular weight excluding hydrogens is 339 g/mol. The molecule has 2 aromatic carbocycles. The average molecular weight is 352 g/mol. The van der Waals surface area contributed by atoms with E-state index in [1.165, 1.54) is 23.5 Å². The molecule has 2 heterocycles. The summed E-state index contributed by atoms with van der Waals surface area (Å²) in [6, 6.07) is 13.6. The summed E-state index contributed by atoms with van der Waals surface area (Å²) in [4.78, 5) is 17.9. The van der Waals surface area contributed by atoms with E-state index < -0.39 is 0 Å². The molecule has 0 saturated heterocycles. The van der Waals surface area contributed by atoms with E-state index in [0.717, 1.165) is 27.0 Å². The normalized spacial score (nSPS) is 11.0. The average Bonchev–Trinajstić information content (AvgIpc) is 3.19. The molecular formula is C18H13FN4OS. The van der Waals surface area contributed by atoms with Gasteiger partial charge in [0.05, 0.1) is 11.2 Å². The number of rotatable bonds is 3. The van der Waals surface area contributed by atoms with Crippen molar-refractivity contribution in [3.63, 3.8) is 0 Å². The van der Waals surface area contributed by atoms with E-state index in [-0.39, 0.29) is 11.7 Å². The van der Waals surface area contributed by atoms with Crippen LogP contribution >= 0.6 is 11.3 Å². The third-order valence-corrected chi connectivity index (χ3v) is 4.71. The maximum absolute atomic E-state index is 13.1. The molecule has 0 radical (unpaired) electrons. The Hall–Kier alpha value is -3.06. The highest BCUT2D eigenvalue weighted by Crippen LogP contribution is 2.30. The second-order valence-electron chi connectivity index (χ2n) is 5.50. The lowest BCUT2D eigenvalue weighted by Crippen LogP contribution is -2.12. The van der Waals surface area contributed by atoms with Crippen molar-refractivity contribution < 1.29 is 9.18 Å². The van der Waals surface area contributed by atoms with Crippen LogP contribution in [-0.2, 0) is 0 Å². The molecule has 0 unspecified atom stereocenters. The van der Waals surface area contributed by atoms with Crippen LogP contribution in [0.15, 0.2) is 48.5 Å². The zero-order valence-corrected chi connectivity index (χ0v) is 14.0. The molecule has 4 rings (SSSR count). The van der Waals surface area contributed by atoms with Gasteiger partial charge in [-0.25, -0.2) is 9.37 Å². The minimum atomic E-state index is -0.322. The Morgan fingerprint density at radius 1 is 1.16 bits per heavy atom. The van der Waals surface area contributed by atoms with Gasteiger partial charge in [0.15, 0.2) is 10.8 Å². The summed E-state index contributed by atoms with van der Waals surface area (Å²) in [5, 5.41) is 11.0. The highest BCUT2D eigenvalue weighted by Gasteiger charge is 2.17. The molecule has 25 heavy (non-hydrogen) atoms. The molecule has 0 saturated carbocycles. The number of anilines is 1. The smallest absolute Gasteiger partial charge is 0.278 e. The first-order chi connectivity index (χ1) is 12.1. The summed E-state index contributed by atoms with van der Waals surface area (Å²) in [6.45, 7) is 1.91. The van der Waals surface area contributed by atoms with Crippen molar-refractivity contribution in [3.8, 4) is 11.3 Å². The Balaban J connectivity index is 1.62. The summed E-state index contributed by atoms with van der Waals surface area (Å²) >= 11 is 1.37. The molecule has 2 N–H and O–H groups in total. The fraction of sp³-hybridized carbons (Fsp3) is 0.0556. The van der Waals surface area contributed by atoms with E-state index in [4.69, 9.17) is 0 Å². The van der Waals surface area contributed by atoms with Gasteiger partial charge in [0.25, 0.3) is 5.91 Å². The first-order valence-corrected chi connectivity index (χ1v) is 8.41. The molecule has 5 nitrogen and oxygen atoms in total. The molecule has 0 aliphatic heterocycles. The predicted molar refractivity (Wildman–Crippen MR) is 96.3 cm³/mol. The van der Waals surface area contributed by atoms with E-state index in [9.17, 15) is 9.18 Å². The predicted octanol–water partition coefficient (Wildman–Crippen LogP) is 4.39. The van der Waals surface area contributed by atoms with Crippen molar-refractivity contribution in [2.45, 2.75) is 6.92 Å². The molecule has 2 aromatic heterocycles. The van der Waals surface area contributed by atoms with Crippen molar-refractivity contribution >= 4 is 33.3 Å². The number of aryl methyl sites for hydroxylation is 1. The Morgan fingerprint density at radius 2 is 1.92 bits per heavy atom. The third kappa shape index (κ3) is 2.89. The van der Waals surface area contributed by atoms with E-state index >= 15 is 0 Å². The summed E-state index contributed by atoms with van der Waals surface area (Å²) < 4.78 is 13.1. The monoisotopic (exact) mass is 352 g/mol. The van der Waals surface area contributed by atoms with Crippen LogP contribution < -0.4 is 5.32 Å². The number of H-pyrrole nitrogens is 1. The number of benzene rings is 2. The van der Waals surface area contributed by atoms with Gasteiger partial charge in [-0.2, -0.15) is 5.10 Å². The first kappa shape index (κ1) is 15.5. The third-order valence-electron chi connectivity index (χ3n) is 3.82. The highest BCUT2D eigenvalue weighted by molar-refractivity contribution is 7.16. The van der Waals surface area contributed by atoms with Crippen molar-refractivity contribution in [2.75, 3.05) is 5.32 Å². The number of nitrogens with one attached hydrogen (secondary N) is 2. The molecule has 4 aromatic rings. The molecule has 7 heteroatoms. The number of hydrogen-bond acceptors (Lipinski definition) is 4. The van der Waals surface area contributed by atoms with E-state index in [0.29, 0.717) is 10.8 Å². The molecule has 0 atom stereocenters. The summed E-state index contributed by atoms with van der Waals surface area (Å²) in [7, 11) is 0. The number of aromatic nitrogens is 3. The number of nitrogens with zero attached hydrogens (tertiary/aromatic N) is 2. The van der Waals surface area contributed by atoms with Crippen molar-refractivity contribution in [2.24, 2.45) is 0 Å². The zero-order valence-electron chi connectivity index (χ0n) is 13.2. The molecule has 0 spiro atoms. The molecule has 1 amide bonds. The zero-order chi connectivity index (χ0) is 17.4. The van der Waals surface area contributed by atoms with Crippen LogP contribution in [0.5, 0.6) is 0 Å². The lowest BCUT2D eigenvalue weighted by molar-refractivity contribution is 0.102. The minimum Gasteiger partial charge on any atom is -0.296 e. The number of fused-ring (bicyclic) bond motifs is 1. The van der Waals surface area contributed by atoms with Crippen LogP contribution in [0.2, 0.25) is 0 Å². The highest BCUT2D eigenvalue weighted by atomic mass is 32.1. The topological polar surface area (TPSA) is 70.7 Å². The second-order valence-corrected chi connectivity index (χ2v) is 6.71. The maximum atomic E-state index is 13.1. The van der Waals surface area contributed by atoms with Gasteiger partial charge in [-0.05, 0) is 37.3 Å². The fourth-order valence-electron chi connectivity index (χ4n) is 2.62. The number of carbonyl (C=O) groups is 1. The Bertz CT molecular complexity index is 1070. The number of thiazole rings is 1.